The monoisotopic (exact) mass is 441 g/mol. The van der Waals surface area contributed by atoms with Crippen LogP contribution >= 0.6 is 23.4 Å². The van der Waals surface area contributed by atoms with Crippen LogP contribution in [0.15, 0.2) is 47.9 Å². The van der Waals surface area contributed by atoms with E-state index in [1.807, 2.05) is 41.8 Å². The van der Waals surface area contributed by atoms with E-state index in [0.717, 1.165) is 29.7 Å². The maximum absolute atomic E-state index is 12.5. The molecule has 6 nitrogen and oxygen atoms in total. The van der Waals surface area contributed by atoms with Gasteiger partial charge >= 0.3 is 0 Å². The van der Waals surface area contributed by atoms with E-state index in [4.69, 9.17) is 11.6 Å². The standard InChI is InChI=1S/C22H24ClN5OS/c1-15-18(23)8-5-9-19(15)28-21(16-10-12-24-13-11-16)26-27-22(28)30-14-20(29)25-17-6-3-2-4-7-17/h5,8-13,17H,2-4,6-7,14H2,1H3,(H,25,29). The number of pyridine rings is 1. The molecule has 1 amide bonds. The zero-order valence-corrected chi connectivity index (χ0v) is 18.4. The number of benzene rings is 1. The normalized spacial score (nSPS) is 14.6. The molecule has 0 atom stereocenters. The Morgan fingerprint density at radius 3 is 2.70 bits per heavy atom. The highest BCUT2D eigenvalue weighted by molar-refractivity contribution is 7.99. The van der Waals surface area contributed by atoms with Crippen LogP contribution in [-0.4, -0.2) is 37.5 Å². The van der Waals surface area contributed by atoms with Gasteiger partial charge in [0.1, 0.15) is 0 Å². The van der Waals surface area contributed by atoms with Crippen LogP contribution in [-0.2, 0) is 4.79 Å². The predicted molar refractivity (Wildman–Crippen MR) is 120 cm³/mol. The number of nitrogens with one attached hydrogen (secondary N) is 1. The largest absolute Gasteiger partial charge is 0.353 e. The van der Waals surface area contributed by atoms with Crippen molar-refractivity contribution in [3.63, 3.8) is 0 Å². The van der Waals surface area contributed by atoms with Crippen molar-refractivity contribution >= 4 is 29.3 Å². The molecule has 0 bridgehead atoms. The third kappa shape index (κ3) is 4.68. The summed E-state index contributed by atoms with van der Waals surface area (Å²) in [5, 5.41) is 13.3. The van der Waals surface area contributed by atoms with E-state index in [0.29, 0.717) is 27.8 Å². The lowest BCUT2D eigenvalue weighted by Crippen LogP contribution is -2.37. The van der Waals surface area contributed by atoms with Crippen LogP contribution < -0.4 is 5.32 Å². The Morgan fingerprint density at radius 1 is 1.17 bits per heavy atom. The molecule has 1 fully saturated rings. The molecule has 1 aliphatic carbocycles. The maximum atomic E-state index is 12.5. The average Bonchev–Trinajstić information content (AvgIpc) is 3.19. The Bertz CT molecular complexity index is 1020. The second kappa shape index (κ2) is 9.62. The van der Waals surface area contributed by atoms with Crippen LogP contribution in [0.25, 0.3) is 17.1 Å². The first-order valence-corrected chi connectivity index (χ1v) is 11.5. The van der Waals surface area contributed by atoms with Crippen LogP contribution in [0, 0.1) is 6.92 Å². The molecule has 0 saturated heterocycles. The van der Waals surface area contributed by atoms with Gasteiger partial charge in [-0.15, -0.1) is 10.2 Å². The molecular formula is C22H24ClN5OS. The first kappa shape index (κ1) is 20.9. The molecule has 1 saturated carbocycles. The zero-order valence-electron chi connectivity index (χ0n) is 16.8. The lowest BCUT2D eigenvalue weighted by molar-refractivity contribution is -0.119. The van der Waals surface area contributed by atoms with E-state index < -0.39 is 0 Å². The van der Waals surface area contributed by atoms with Gasteiger partial charge in [-0.05, 0) is 49.6 Å². The van der Waals surface area contributed by atoms with Gasteiger partial charge in [-0.1, -0.05) is 48.7 Å². The molecule has 0 radical (unpaired) electrons. The summed E-state index contributed by atoms with van der Waals surface area (Å²) in [7, 11) is 0. The van der Waals surface area contributed by atoms with Gasteiger partial charge in [0, 0.05) is 29.0 Å². The number of carbonyl (C=O) groups is 1. The van der Waals surface area contributed by atoms with Gasteiger partial charge < -0.3 is 5.32 Å². The van der Waals surface area contributed by atoms with Crippen molar-refractivity contribution in [3.05, 3.63) is 53.3 Å². The van der Waals surface area contributed by atoms with E-state index in [1.54, 1.807) is 12.4 Å². The lowest BCUT2D eigenvalue weighted by atomic mass is 9.95. The summed E-state index contributed by atoms with van der Waals surface area (Å²) in [4.78, 5) is 16.6. The van der Waals surface area contributed by atoms with Gasteiger partial charge in [0.05, 0.1) is 11.4 Å². The SMILES string of the molecule is Cc1c(Cl)cccc1-n1c(SCC(=O)NC2CCCCC2)nnc1-c1ccncc1. The summed E-state index contributed by atoms with van der Waals surface area (Å²) in [6.07, 6.45) is 9.24. The molecule has 1 aliphatic rings. The van der Waals surface area contributed by atoms with Crippen molar-refractivity contribution in [1.29, 1.82) is 0 Å². The van der Waals surface area contributed by atoms with Crippen LogP contribution in [0.4, 0.5) is 0 Å². The molecule has 0 unspecified atom stereocenters. The van der Waals surface area contributed by atoms with Crippen LogP contribution in [0.1, 0.15) is 37.7 Å². The topological polar surface area (TPSA) is 72.7 Å². The number of hydrogen-bond donors (Lipinski definition) is 1. The van der Waals surface area contributed by atoms with Crippen molar-refractivity contribution in [1.82, 2.24) is 25.1 Å². The first-order valence-electron chi connectivity index (χ1n) is 10.2. The molecule has 3 aromatic rings. The minimum atomic E-state index is 0.0368. The minimum absolute atomic E-state index is 0.0368. The quantitative estimate of drug-likeness (QED) is 0.554. The third-order valence-electron chi connectivity index (χ3n) is 5.35. The summed E-state index contributed by atoms with van der Waals surface area (Å²) in [6.45, 7) is 1.97. The summed E-state index contributed by atoms with van der Waals surface area (Å²) in [6, 6.07) is 9.84. The Labute approximate surface area is 185 Å². The van der Waals surface area contributed by atoms with E-state index in [2.05, 4.69) is 20.5 Å². The van der Waals surface area contributed by atoms with Crippen LogP contribution in [0.2, 0.25) is 5.02 Å². The van der Waals surface area contributed by atoms with Crippen molar-refractivity contribution in [2.45, 2.75) is 50.2 Å². The lowest BCUT2D eigenvalue weighted by Gasteiger charge is -2.22. The van der Waals surface area contributed by atoms with Crippen molar-refractivity contribution in [2.75, 3.05) is 5.75 Å². The van der Waals surface area contributed by atoms with Gasteiger partial charge in [0.2, 0.25) is 5.91 Å². The average molecular weight is 442 g/mol. The number of halogens is 1. The Hall–Kier alpha value is -2.38. The van der Waals surface area contributed by atoms with Gasteiger partial charge in [0.15, 0.2) is 11.0 Å². The fourth-order valence-electron chi connectivity index (χ4n) is 3.75. The molecule has 0 aliphatic heterocycles. The fraction of sp³-hybridized carbons (Fsp3) is 0.364. The highest BCUT2D eigenvalue weighted by atomic mass is 35.5. The van der Waals surface area contributed by atoms with E-state index in [9.17, 15) is 4.79 Å². The second-order valence-electron chi connectivity index (χ2n) is 7.45. The Kier molecular flexibility index (Phi) is 6.69. The van der Waals surface area contributed by atoms with Gasteiger partial charge in [-0.3, -0.25) is 14.3 Å². The molecule has 1 aromatic carbocycles. The van der Waals surface area contributed by atoms with Crippen molar-refractivity contribution in [2.24, 2.45) is 0 Å². The number of rotatable bonds is 6. The van der Waals surface area contributed by atoms with Gasteiger partial charge in [0.25, 0.3) is 0 Å². The third-order valence-corrected chi connectivity index (χ3v) is 6.69. The van der Waals surface area contributed by atoms with Crippen LogP contribution in [0.3, 0.4) is 0 Å². The molecule has 0 spiro atoms. The molecule has 30 heavy (non-hydrogen) atoms. The van der Waals surface area contributed by atoms with Crippen molar-refractivity contribution in [3.8, 4) is 17.1 Å². The van der Waals surface area contributed by atoms with E-state index in [-0.39, 0.29) is 5.91 Å². The molecule has 4 rings (SSSR count). The first-order chi connectivity index (χ1) is 14.6. The number of nitrogens with zero attached hydrogens (tertiary/aromatic N) is 4. The van der Waals surface area contributed by atoms with Gasteiger partial charge in [-0.25, -0.2) is 0 Å². The minimum Gasteiger partial charge on any atom is -0.353 e. The zero-order chi connectivity index (χ0) is 20.9. The smallest absolute Gasteiger partial charge is 0.230 e. The van der Waals surface area contributed by atoms with Gasteiger partial charge in [-0.2, -0.15) is 0 Å². The van der Waals surface area contributed by atoms with E-state index >= 15 is 0 Å². The summed E-state index contributed by atoms with van der Waals surface area (Å²) in [5.74, 6) is 1.03. The summed E-state index contributed by atoms with van der Waals surface area (Å²) < 4.78 is 1.97. The summed E-state index contributed by atoms with van der Waals surface area (Å²) >= 11 is 7.77. The Balaban J connectivity index is 1.61. The molecule has 8 heteroatoms. The Morgan fingerprint density at radius 2 is 1.93 bits per heavy atom. The molecule has 2 heterocycles. The molecule has 1 N–H and O–H groups in total. The fourth-order valence-corrected chi connectivity index (χ4v) is 4.68. The van der Waals surface area contributed by atoms with Crippen LogP contribution in [0.5, 0.6) is 0 Å². The maximum Gasteiger partial charge on any atom is 0.230 e. The number of carbonyl (C=O) groups excluding carboxylic acids is 1. The predicted octanol–water partition coefficient (Wildman–Crippen LogP) is 4.83. The van der Waals surface area contributed by atoms with Crippen molar-refractivity contribution < 1.29 is 4.79 Å². The molecule has 2 aromatic heterocycles. The highest BCUT2D eigenvalue weighted by Crippen LogP contribution is 2.31. The molecular weight excluding hydrogens is 418 g/mol. The summed E-state index contributed by atoms with van der Waals surface area (Å²) in [5.41, 5.74) is 2.73. The number of amides is 1. The van der Waals surface area contributed by atoms with E-state index in [1.165, 1.54) is 31.0 Å². The number of thioether (sulfide) groups is 1. The highest BCUT2D eigenvalue weighted by Gasteiger charge is 2.20. The molecule has 156 valence electrons. The second-order valence-corrected chi connectivity index (χ2v) is 8.80. The number of aromatic nitrogens is 4. The number of hydrogen-bond acceptors (Lipinski definition) is 5.